The van der Waals surface area contributed by atoms with Gasteiger partial charge in [-0.15, -0.1) is 0 Å². The van der Waals surface area contributed by atoms with E-state index in [0.29, 0.717) is 15.1 Å². The molecule has 2 aliphatic rings. The monoisotopic (exact) mass is 386 g/mol. The van der Waals surface area contributed by atoms with Gasteiger partial charge >= 0.3 is 0 Å². The number of carbonyl (C=O) groups is 2. The van der Waals surface area contributed by atoms with E-state index in [2.05, 4.69) is 6.92 Å². The molecular formula is C20H22N2O2S2. The van der Waals surface area contributed by atoms with Gasteiger partial charge in [0.25, 0.3) is 5.91 Å². The molecular weight excluding hydrogens is 364 g/mol. The Hall–Kier alpha value is -1.92. The highest BCUT2D eigenvalue weighted by molar-refractivity contribution is 8.26. The van der Waals surface area contributed by atoms with Gasteiger partial charge in [-0.25, -0.2) is 0 Å². The molecule has 3 rings (SSSR count). The molecule has 2 fully saturated rings. The summed E-state index contributed by atoms with van der Waals surface area (Å²) < 4.78 is 0.452. The average Bonchev–Trinajstić information content (AvgIpc) is 2.91. The van der Waals surface area contributed by atoms with Crippen LogP contribution in [0.25, 0.3) is 6.08 Å². The maximum Gasteiger partial charge on any atom is 0.266 e. The zero-order valence-corrected chi connectivity index (χ0v) is 16.4. The van der Waals surface area contributed by atoms with Crippen molar-refractivity contribution in [2.45, 2.75) is 19.8 Å². The topological polar surface area (TPSA) is 40.6 Å². The van der Waals surface area contributed by atoms with Crippen LogP contribution >= 0.6 is 24.0 Å². The Labute approximate surface area is 163 Å². The lowest BCUT2D eigenvalue weighted by atomic mass is 9.99. The number of likely N-dealkylation sites (tertiary alicyclic amines) is 1. The predicted octanol–water partition coefficient (Wildman–Crippen LogP) is 3.70. The Morgan fingerprint density at radius 1 is 1.27 bits per heavy atom. The van der Waals surface area contributed by atoms with Crippen LogP contribution in [0.1, 0.15) is 25.3 Å². The molecule has 0 aliphatic carbocycles. The van der Waals surface area contributed by atoms with Gasteiger partial charge in [0.2, 0.25) is 5.91 Å². The van der Waals surface area contributed by atoms with Crippen LogP contribution in [0.3, 0.4) is 0 Å². The molecule has 6 heteroatoms. The standard InChI is InChI=1S/C20H22N2O2S2/c1-15-10-12-21(13-11-15)18(23)14-22-19(24)17(26-20(22)25)9-5-8-16-6-3-2-4-7-16/h2-9,15H,10-14H2,1H3. The molecule has 2 saturated heterocycles. The number of hydrogen-bond acceptors (Lipinski definition) is 4. The van der Waals surface area contributed by atoms with E-state index in [1.807, 2.05) is 47.4 Å². The van der Waals surface area contributed by atoms with Crippen molar-refractivity contribution >= 4 is 46.2 Å². The van der Waals surface area contributed by atoms with E-state index in [-0.39, 0.29) is 18.4 Å². The largest absolute Gasteiger partial charge is 0.341 e. The van der Waals surface area contributed by atoms with E-state index >= 15 is 0 Å². The molecule has 0 unspecified atom stereocenters. The van der Waals surface area contributed by atoms with Crippen molar-refractivity contribution in [2.24, 2.45) is 5.92 Å². The lowest BCUT2D eigenvalue weighted by molar-refractivity contribution is -0.136. The van der Waals surface area contributed by atoms with Crippen molar-refractivity contribution in [3.05, 3.63) is 53.0 Å². The number of nitrogens with zero attached hydrogens (tertiary/aromatic N) is 2. The normalized spacial score (nSPS) is 20.6. The first kappa shape index (κ1) is 18.9. The molecule has 0 radical (unpaired) electrons. The third kappa shape index (κ3) is 4.62. The van der Waals surface area contributed by atoms with E-state index in [4.69, 9.17) is 12.2 Å². The Morgan fingerprint density at radius 2 is 1.96 bits per heavy atom. The molecule has 1 aromatic carbocycles. The number of rotatable bonds is 4. The number of carbonyl (C=O) groups excluding carboxylic acids is 2. The Morgan fingerprint density at radius 3 is 2.65 bits per heavy atom. The zero-order valence-electron chi connectivity index (χ0n) is 14.8. The highest BCUT2D eigenvalue weighted by atomic mass is 32.2. The van der Waals surface area contributed by atoms with Gasteiger partial charge in [-0.1, -0.05) is 73.4 Å². The molecule has 0 atom stereocenters. The summed E-state index contributed by atoms with van der Waals surface area (Å²) in [6, 6.07) is 9.88. The van der Waals surface area contributed by atoms with Gasteiger partial charge < -0.3 is 4.90 Å². The first-order chi connectivity index (χ1) is 12.5. The van der Waals surface area contributed by atoms with Gasteiger partial charge in [-0.3, -0.25) is 14.5 Å². The third-order valence-corrected chi connectivity index (χ3v) is 6.04. The molecule has 0 aromatic heterocycles. The lowest BCUT2D eigenvalue weighted by Gasteiger charge is -2.31. The summed E-state index contributed by atoms with van der Waals surface area (Å²) >= 11 is 6.56. The third-order valence-electron chi connectivity index (χ3n) is 4.64. The Kier molecular flexibility index (Phi) is 6.27. The van der Waals surface area contributed by atoms with Crippen LogP contribution in [0.4, 0.5) is 0 Å². The molecule has 0 bridgehead atoms. The van der Waals surface area contributed by atoms with E-state index < -0.39 is 0 Å². The summed E-state index contributed by atoms with van der Waals surface area (Å²) in [5.74, 6) is 0.459. The first-order valence-electron chi connectivity index (χ1n) is 8.79. The number of hydrogen-bond donors (Lipinski definition) is 0. The minimum Gasteiger partial charge on any atom is -0.341 e. The van der Waals surface area contributed by atoms with E-state index in [0.717, 1.165) is 31.5 Å². The van der Waals surface area contributed by atoms with Crippen LogP contribution in [0, 0.1) is 5.92 Å². The molecule has 0 N–H and O–H groups in total. The Bertz CT molecular complexity index is 750. The fraction of sp³-hybridized carbons (Fsp3) is 0.350. The first-order valence-corrected chi connectivity index (χ1v) is 10.0. The predicted molar refractivity (Wildman–Crippen MR) is 110 cm³/mol. The van der Waals surface area contributed by atoms with E-state index in [1.165, 1.54) is 16.7 Å². The number of thiocarbonyl (C=S) groups is 1. The summed E-state index contributed by atoms with van der Waals surface area (Å²) in [7, 11) is 0. The van der Waals surface area contributed by atoms with Crippen molar-refractivity contribution in [3.8, 4) is 0 Å². The van der Waals surface area contributed by atoms with Crippen LogP contribution in [-0.4, -0.2) is 45.6 Å². The summed E-state index contributed by atoms with van der Waals surface area (Å²) in [4.78, 5) is 28.9. The molecule has 4 nitrogen and oxygen atoms in total. The lowest BCUT2D eigenvalue weighted by Crippen LogP contribution is -2.45. The maximum absolute atomic E-state index is 12.6. The average molecular weight is 387 g/mol. The van der Waals surface area contributed by atoms with E-state index in [1.54, 1.807) is 6.08 Å². The summed E-state index contributed by atoms with van der Waals surface area (Å²) in [5.41, 5.74) is 1.06. The molecule has 2 amide bonds. The van der Waals surface area contributed by atoms with Gasteiger partial charge in [0, 0.05) is 13.1 Å². The smallest absolute Gasteiger partial charge is 0.266 e. The van der Waals surface area contributed by atoms with Crippen molar-refractivity contribution < 1.29 is 9.59 Å². The number of benzene rings is 1. The minimum atomic E-state index is -0.184. The van der Waals surface area contributed by atoms with Gasteiger partial charge in [-0.05, 0) is 30.4 Å². The molecule has 1 aromatic rings. The highest BCUT2D eigenvalue weighted by Crippen LogP contribution is 2.31. The molecule has 0 saturated carbocycles. The number of thioether (sulfide) groups is 1. The fourth-order valence-corrected chi connectivity index (χ4v) is 4.16. The summed E-state index contributed by atoms with van der Waals surface area (Å²) in [5, 5.41) is 0. The number of amides is 2. The number of piperidine rings is 1. The second-order valence-electron chi connectivity index (χ2n) is 6.62. The molecule has 26 heavy (non-hydrogen) atoms. The second kappa shape index (κ2) is 8.64. The van der Waals surface area contributed by atoms with Gasteiger partial charge in [0.1, 0.15) is 10.9 Å². The molecule has 2 aliphatic heterocycles. The van der Waals surface area contributed by atoms with Gasteiger partial charge in [0.05, 0.1) is 4.91 Å². The quantitative estimate of drug-likeness (QED) is 0.584. The van der Waals surface area contributed by atoms with Crippen LogP contribution < -0.4 is 0 Å². The van der Waals surface area contributed by atoms with Crippen molar-refractivity contribution in [3.63, 3.8) is 0 Å². The summed E-state index contributed by atoms with van der Waals surface area (Å²) in [6.45, 7) is 3.78. The van der Waals surface area contributed by atoms with Crippen LogP contribution in [0.5, 0.6) is 0 Å². The van der Waals surface area contributed by atoms with Crippen LogP contribution in [-0.2, 0) is 9.59 Å². The molecule has 0 spiro atoms. The second-order valence-corrected chi connectivity index (χ2v) is 8.30. The van der Waals surface area contributed by atoms with Crippen LogP contribution in [0.2, 0.25) is 0 Å². The number of allylic oxidation sites excluding steroid dienone is 2. The summed E-state index contributed by atoms with van der Waals surface area (Å²) in [6.07, 6.45) is 7.59. The molecule has 2 heterocycles. The Balaban J connectivity index is 1.60. The maximum atomic E-state index is 12.6. The van der Waals surface area contributed by atoms with Crippen LogP contribution in [0.15, 0.2) is 47.4 Å². The van der Waals surface area contributed by atoms with Crippen molar-refractivity contribution in [1.82, 2.24) is 9.80 Å². The van der Waals surface area contributed by atoms with Gasteiger partial charge in [-0.2, -0.15) is 0 Å². The van der Waals surface area contributed by atoms with Crippen molar-refractivity contribution in [2.75, 3.05) is 19.6 Å². The minimum absolute atomic E-state index is 0.0192. The van der Waals surface area contributed by atoms with Crippen molar-refractivity contribution in [1.29, 1.82) is 0 Å². The zero-order chi connectivity index (χ0) is 18.5. The SMILES string of the molecule is CC1CCN(C(=O)CN2C(=O)C(=CC=Cc3ccccc3)SC2=S)CC1. The molecule has 136 valence electrons. The fourth-order valence-electron chi connectivity index (χ4n) is 2.95. The van der Waals surface area contributed by atoms with E-state index in [9.17, 15) is 9.59 Å². The van der Waals surface area contributed by atoms with Gasteiger partial charge in [0.15, 0.2) is 0 Å². The highest BCUT2D eigenvalue weighted by Gasteiger charge is 2.34.